The van der Waals surface area contributed by atoms with E-state index in [1.165, 1.54) is 31.7 Å². The van der Waals surface area contributed by atoms with Gasteiger partial charge in [0.05, 0.1) is 7.11 Å². The van der Waals surface area contributed by atoms with Crippen LogP contribution in [-0.4, -0.2) is 43.7 Å². The third-order valence-corrected chi connectivity index (χ3v) is 5.71. The summed E-state index contributed by atoms with van der Waals surface area (Å²) >= 11 is 0. The molecule has 0 radical (unpaired) electrons. The quantitative estimate of drug-likeness (QED) is 0.564. The van der Waals surface area contributed by atoms with Crippen LogP contribution in [0.15, 0.2) is 42.5 Å². The van der Waals surface area contributed by atoms with Gasteiger partial charge < -0.3 is 19.5 Å². The highest BCUT2D eigenvalue weighted by molar-refractivity contribution is 5.97. The number of nitrogens with zero attached hydrogens (tertiary/aromatic N) is 1. The van der Waals surface area contributed by atoms with Crippen LogP contribution in [0.1, 0.15) is 47.9 Å². The van der Waals surface area contributed by atoms with E-state index < -0.39 is 5.97 Å². The van der Waals surface area contributed by atoms with E-state index in [0.717, 1.165) is 18.8 Å². The summed E-state index contributed by atoms with van der Waals surface area (Å²) < 4.78 is 10.1. The molecule has 0 bridgehead atoms. The standard InChI is InChI=1S/C24H29NO5/c1-24(2,3)17-11-12-25(14-17)18-7-5-16(6-8-18)22(27)15-30-19-9-10-20(21(26)13-19)23(28)29-4/h5-10,13,17,26H,11-12,14-15H2,1-4H3. The first-order chi connectivity index (χ1) is 14.2. The average Bonchev–Trinajstić information content (AvgIpc) is 3.22. The van der Waals surface area contributed by atoms with E-state index in [1.807, 2.05) is 24.3 Å². The molecule has 30 heavy (non-hydrogen) atoms. The largest absolute Gasteiger partial charge is 0.507 e. The van der Waals surface area contributed by atoms with Gasteiger partial charge in [-0.1, -0.05) is 20.8 Å². The van der Waals surface area contributed by atoms with Crippen molar-refractivity contribution < 1.29 is 24.2 Å². The lowest BCUT2D eigenvalue weighted by molar-refractivity contribution is 0.0597. The monoisotopic (exact) mass is 411 g/mol. The Labute approximate surface area is 177 Å². The van der Waals surface area contributed by atoms with Crippen molar-refractivity contribution in [2.75, 3.05) is 31.7 Å². The summed E-state index contributed by atoms with van der Waals surface area (Å²) in [6.07, 6.45) is 1.18. The Morgan fingerprint density at radius 1 is 1.13 bits per heavy atom. The summed E-state index contributed by atoms with van der Waals surface area (Å²) in [4.78, 5) is 26.3. The predicted octanol–water partition coefficient (Wildman–Crippen LogP) is 4.31. The Morgan fingerprint density at radius 2 is 1.83 bits per heavy atom. The molecule has 1 N–H and O–H groups in total. The van der Waals surface area contributed by atoms with Crippen molar-refractivity contribution in [1.29, 1.82) is 0 Å². The number of carbonyl (C=O) groups is 2. The van der Waals surface area contributed by atoms with Crippen molar-refractivity contribution in [2.45, 2.75) is 27.2 Å². The number of hydrogen-bond donors (Lipinski definition) is 1. The Morgan fingerprint density at radius 3 is 2.40 bits per heavy atom. The number of carbonyl (C=O) groups excluding carboxylic acids is 2. The van der Waals surface area contributed by atoms with Gasteiger partial charge in [0, 0.05) is 30.4 Å². The van der Waals surface area contributed by atoms with Crippen LogP contribution in [0.25, 0.3) is 0 Å². The number of aromatic hydroxyl groups is 1. The van der Waals surface area contributed by atoms with Crippen LogP contribution in [0, 0.1) is 11.3 Å². The number of phenols is 1. The minimum absolute atomic E-state index is 0.0439. The second kappa shape index (κ2) is 8.78. The van der Waals surface area contributed by atoms with Gasteiger partial charge in [0.1, 0.15) is 17.1 Å². The Hall–Kier alpha value is -3.02. The fourth-order valence-corrected chi connectivity index (χ4v) is 3.68. The van der Waals surface area contributed by atoms with Crippen molar-refractivity contribution in [2.24, 2.45) is 11.3 Å². The first-order valence-corrected chi connectivity index (χ1v) is 10.1. The molecule has 160 valence electrons. The van der Waals surface area contributed by atoms with E-state index in [-0.39, 0.29) is 23.7 Å². The second-order valence-corrected chi connectivity index (χ2v) is 8.73. The fourth-order valence-electron chi connectivity index (χ4n) is 3.68. The van der Waals surface area contributed by atoms with E-state index >= 15 is 0 Å². The number of ether oxygens (including phenoxy) is 2. The number of benzene rings is 2. The van der Waals surface area contributed by atoms with Crippen molar-refractivity contribution >= 4 is 17.4 Å². The smallest absolute Gasteiger partial charge is 0.341 e. The molecule has 0 saturated carbocycles. The molecule has 1 fully saturated rings. The van der Waals surface area contributed by atoms with Crippen molar-refractivity contribution in [3.63, 3.8) is 0 Å². The SMILES string of the molecule is COC(=O)c1ccc(OCC(=O)c2ccc(N3CCC(C(C)(C)C)C3)cc2)cc1O. The summed E-state index contributed by atoms with van der Waals surface area (Å²) in [6, 6.07) is 11.8. The van der Waals surface area contributed by atoms with Gasteiger partial charge >= 0.3 is 5.97 Å². The van der Waals surface area contributed by atoms with E-state index in [9.17, 15) is 14.7 Å². The summed E-state index contributed by atoms with van der Waals surface area (Å²) in [5, 5.41) is 9.91. The third-order valence-electron chi connectivity index (χ3n) is 5.71. The predicted molar refractivity (Wildman–Crippen MR) is 115 cm³/mol. The minimum Gasteiger partial charge on any atom is -0.507 e. The minimum atomic E-state index is -0.637. The maximum absolute atomic E-state index is 12.5. The summed E-state index contributed by atoms with van der Waals surface area (Å²) in [5.74, 6) is -0.0888. The normalized spacial score (nSPS) is 16.4. The molecule has 1 aliphatic heterocycles. The molecule has 2 aromatic carbocycles. The van der Waals surface area contributed by atoms with Gasteiger partial charge in [0.2, 0.25) is 0 Å². The van der Waals surface area contributed by atoms with Gasteiger partial charge in [-0.15, -0.1) is 0 Å². The van der Waals surface area contributed by atoms with Gasteiger partial charge in [-0.2, -0.15) is 0 Å². The highest BCUT2D eigenvalue weighted by Gasteiger charge is 2.31. The lowest BCUT2D eigenvalue weighted by atomic mass is 9.80. The molecule has 1 saturated heterocycles. The van der Waals surface area contributed by atoms with E-state index in [1.54, 1.807) is 0 Å². The molecular formula is C24H29NO5. The molecule has 1 unspecified atom stereocenters. The maximum atomic E-state index is 12.5. The third kappa shape index (κ3) is 4.93. The first kappa shape index (κ1) is 21.7. The fraction of sp³-hybridized carbons (Fsp3) is 0.417. The van der Waals surface area contributed by atoms with Crippen LogP contribution in [0.5, 0.6) is 11.5 Å². The molecule has 6 heteroatoms. The van der Waals surface area contributed by atoms with Crippen molar-refractivity contribution in [1.82, 2.24) is 0 Å². The Balaban J connectivity index is 1.58. The number of hydrogen-bond acceptors (Lipinski definition) is 6. The molecule has 0 aliphatic carbocycles. The molecular weight excluding hydrogens is 382 g/mol. The zero-order chi connectivity index (χ0) is 21.9. The van der Waals surface area contributed by atoms with Crippen molar-refractivity contribution in [3.05, 3.63) is 53.6 Å². The molecule has 2 aromatic rings. The molecule has 1 aliphatic rings. The molecule has 0 aromatic heterocycles. The molecule has 1 heterocycles. The topological polar surface area (TPSA) is 76.1 Å². The van der Waals surface area contributed by atoms with Crippen LogP contribution in [0.3, 0.4) is 0 Å². The number of phenolic OH excluding ortho intramolecular Hbond substituents is 1. The summed E-state index contributed by atoms with van der Waals surface area (Å²) in [7, 11) is 1.24. The number of methoxy groups -OCH3 is 1. The molecule has 0 amide bonds. The molecule has 6 nitrogen and oxygen atoms in total. The number of esters is 1. The second-order valence-electron chi connectivity index (χ2n) is 8.73. The summed E-state index contributed by atoms with van der Waals surface area (Å²) in [6.45, 7) is 8.75. The molecule has 0 spiro atoms. The lowest BCUT2D eigenvalue weighted by Crippen LogP contribution is -2.25. The van der Waals surface area contributed by atoms with Crippen molar-refractivity contribution in [3.8, 4) is 11.5 Å². The van der Waals surface area contributed by atoms with Crippen LogP contribution in [-0.2, 0) is 4.74 Å². The van der Waals surface area contributed by atoms with Gasteiger partial charge in [0.15, 0.2) is 12.4 Å². The van der Waals surface area contributed by atoms with Gasteiger partial charge in [-0.3, -0.25) is 4.79 Å². The van der Waals surface area contributed by atoms with Crippen LogP contribution < -0.4 is 9.64 Å². The van der Waals surface area contributed by atoms with Crippen LogP contribution in [0.4, 0.5) is 5.69 Å². The maximum Gasteiger partial charge on any atom is 0.341 e. The Kier molecular flexibility index (Phi) is 6.34. The average molecular weight is 411 g/mol. The summed E-state index contributed by atoms with van der Waals surface area (Å²) in [5.41, 5.74) is 2.04. The zero-order valence-electron chi connectivity index (χ0n) is 18.0. The number of ketones is 1. The first-order valence-electron chi connectivity index (χ1n) is 10.1. The number of Topliss-reactive ketones (excluding diaryl/α,β-unsaturated/α-hetero) is 1. The van der Waals surface area contributed by atoms with E-state index in [4.69, 9.17) is 4.74 Å². The highest BCUT2D eigenvalue weighted by Crippen LogP contribution is 2.35. The number of anilines is 1. The lowest BCUT2D eigenvalue weighted by Gasteiger charge is -2.27. The van der Waals surface area contributed by atoms with Crippen LogP contribution >= 0.6 is 0 Å². The molecule has 1 atom stereocenters. The van der Waals surface area contributed by atoms with Crippen LogP contribution in [0.2, 0.25) is 0 Å². The van der Waals surface area contributed by atoms with E-state index in [0.29, 0.717) is 22.6 Å². The van der Waals surface area contributed by atoms with Gasteiger partial charge in [0.25, 0.3) is 0 Å². The molecule has 3 rings (SSSR count). The number of rotatable bonds is 6. The highest BCUT2D eigenvalue weighted by atomic mass is 16.5. The van der Waals surface area contributed by atoms with Gasteiger partial charge in [-0.25, -0.2) is 4.79 Å². The van der Waals surface area contributed by atoms with Gasteiger partial charge in [-0.05, 0) is 54.2 Å². The zero-order valence-corrected chi connectivity index (χ0v) is 18.0. The Bertz CT molecular complexity index is 914. The van der Waals surface area contributed by atoms with E-state index in [2.05, 4.69) is 30.4 Å².